The third-order valence-electron chi connectivity index (χ3n) is 25.5. The number of amides is 6. The number of piperazine rings is 2. The average molecular weight is 1930 g/mol. The SMILES string of the molecule is O=C(O)CN1CCN(CC(=O)O)CCN(CC(=O)N2CCN(C(=O)CN3CCN(CC(=O)O)CCN(CC(=O)O)CCN(CC(=O)O)CC3)CC(C(=O)N3CC4CN(C(=O)C5CN(C(=O)CN6CCN(CC(=O)O)CCN(CC(=O)O)CCN(CC(=O)O)CC6)CCN(C(=O)CN6CCN(CC(=O)O)CCN(CC(=O)O)CCN(CC(=O)O)CC6)C5)CC(C3)N4)C2)CCN(CC(=O)O)CC1. The lowest BCUT2D eigenvalue weighted by molar-refractivity contribution is -0.146. The van der Waals surface area contributed by atoms with E-state index in [9.17, 15) is 119 Å². The van der Waals surface area contributed by atoms with Crippen LogP contribution in [0, 0.1) is 11.8 Å². The van der Waals surface area contributed by atoms with Crippen molar-refractivity contribution in [1.82, 2.24) is 113 Å². The molecule has 8 aliphatic rings. The molecule has 8 saturated heterocycles. The fraction of sp³-hybridized carbons (Fsp3) is 0.780. The highest BCUT2D eigenvalue weighted by atomic mass is 16.4. The molecule has 53 nitrogen and oxygen atoms in total. The van der Waals surface area contributed by atoms with Crippen molar-refractivity contribution in [2.45, 2.75) is 12.1 Å². The lowest BCUT2D eigenvalue weighted by atomic mass is 9.98. The van der Waals surface area contributed by atoms with Crippen LogP contribution >= 0.6 is 0 Å². The largest absolute Gasteiger partial charge is 0.480 e. The Balaban J connectivity index is 1.09. The zero-order valence-corrected chi connectivity index (χ0v) is 76.8. The van der Waals surface area contributed by atoms with Gasteiger partial charge in [0.1, 0.15) is 0 Å². The lowest BCUT2D eigenvalue weighted by Crippen LogP contribution is -2.69. The Labute approximate surface area is 781 Å². The number of aliphatic carboxylic acids is 12. The van der Waals surface area contributed by atoms with Crippen LogP contribution < -0.4 is 5.32 Å². The van der Waals surface area contributed by atoms with Gasteiger partial charge in [-0.3, -0.25) is 165 Å². The highest BCUT2D eigenvalue weighted by Crippen LogP contribution is 2.24. The molecule has 135 heavy (non-hydrogen) atoms. The molecule has 0 aromatic rings. The first-order valence-electron chi connectivity index (χ1n) is 45.8. The molecule has 760 valence electrons. The summed E-state index contributed by atoms with van der Waals surface area (Å²) in [5.74, 6) is -19.3. The molecule has 8 fully saturated rings. The molecule has 53 heteroatoms. The summed E-state index contributed by atoms with van der Waals surface area (Å²) in [6.45, 7) is -5.73. The van der Waals surface area contributed by atoms with Crippen molar-refractivity contribution in [2.24, 2.45) is 11.8 Å². The van der Waals surface area contributed by atoms with Crippen LogP contribution in [0.1, 0.15) is 0 Å². The predicted octanol–water partition coefficient (Wildman–Crippen LogP) is -12.5. The van der Waals surface area contributed by atoms with Gasteiger partial charge in [-0.15, -0.1) is 0 Å². The Morgan fingerprint density at radius 1 is 0.156 bits per heavy atom. The lowest BCUT2D eigenvalue weighted by Gasteiger charge is -2.48. The second kappa shape index (κ2) is 55.9. The first-order valence-corrected chi connectivity index (χ1v) is 45.8. The number of nitrogens with one attached hydrogen (secondary N) is 1. The Hall–Kier alpha value is -10.2. The molecule has 6 amide bonds. The number of carbonyl (C=O) groups is 18. The van der Waals surface area contributed by atoms with Crippen molar-refractivity contribution in [3.8, 4) is 0 Å². The summed E-state index contributed by atoms with van der Waals surface area (Å²) in [5, 5.41) is 123. The third-order valence-corrected chi connectivity index (χ3v) is 25.5. The fourth-order valence-corrected chi connectivity index (χ4v) is 18.3. The van der Waals surface area contributed by atoms with Gasteiger partial charge < -0.3 is 96.0 Å². The van der Waals surface area contributed by atoms with Crippen molar-refractivity contribution >= 4 is 107 Å². The van der Waals surface area contributed by atoms with Crippen molar-refractivity contribution < 1.29 is 148 Å². The smallest absolute Gasteiger partial charge is 0.317 e. The van der Waals surface area contributed by atoms with Crippen molar-refractivity contribution in [3.63, 3.8) is 0 Å². The number of carboxylic acid groups (broad SMARTS) is 12. The number of nitrogens with zero attached hydrogens (tertiary/aromatic N) is 22. The van der Waals surface area contributed by atoms with Crippen molar-refractivity contribution in [1.29, 1.82) is 0 Å². The Bertz CT molecular complexity index is 3440. The summed E-state index contributed by atoms with van der Waals surface area (Å²) in [4.78, 5) is 274. The van der Waals surface area contributed by atoms with E-state index >= 15 is 28.8 Å². The van der Waals surface area contributed by atoms with Gasteiger partial charge in [0.15, 0.2) is 0 Å². The van der Waals surface area contributed by atoms with Crippen LogP contribution in [0.15, 0.2) is 0 Å². The Morgan fingerprint density at radius 2 is 0.267 bits per heavy atom. The van der Waals surface area contributed by atoms with E-state index < -0.39 is 210 Å². The van der Waals surface area contributed by atoms with E-state index in [0.717, 1.165) is 0 Å². The summed E-state index contributed by atoms with van der Waals surface area (Å²) >= 11 is 0. The standard InChI is InChI=1S/C82H137N23O30/c106-65(45-84-1-9-88(49-69(110)111)17-25-96(57-77(126)127)26-18-89(10-2-84)50-70(112)113)100-33-34-101(66(107)46-85-3-11-90(51-71(114)115)19-27-97(58-78(128)129)28-20-91(12-4-85)52-72(116)117)38-61(37-100)81(134)104-41-63-43-105(44-64(42-104)83-63)82(135)62-39-102(67(108)47-86-5-13-92(53-73(118)119)21-29-98(59-79(130)131)30-22-93(14-6-86)54-74(120)121)35-36-103(40-62)68(109)48-87-7-15-94(55-75(122)123)23-31-99(60-80(132)133)32-24-95(16-8-87)56-76(124)125/h61-64,83H,1-60H2,(H,110,111)(H,112,113)(H,114,115)(H,116,117)(H,118,119)(H,120,121)(H,122,123)(H,124,125)(H,126,127)(H,128,129)(H,130,131)(H,132,133). The van der Waals surface area contributed by atoms with Gasteiger partial charge in [-0.05, 0) is 0 Å². The van der Waals surface area contributed by atoms with Gasteiger partial charge >= 0.3 is 71.6 Å². The van der Waals surface area contributed by atoms with Crippen molar-refractivity contribution in [2.75, 3.05) is 393 Å². The van der Waals surface area contributed by atoms with E-state index in [4.69, 9.17) is 0 Å². The number of hydrogen-bond donors (Lipinski definition) is 13. The van der Waals surface area contributed by atoms with Gasteiger partial charge in [-0.25, -0.2) is 0 Å². The van der Waals surface area contributed by atoms with Gasteiger partial charge in [0, 0.05) is 300 Å². The van der Waals surface area contributed by atoms with Crippen LogP contribution in [-0.2, 0) is 86.3 Å². The molecular weight excluding hydrogens is 1790 g/mol. The zero-order chi connectivity index (χ0) is 98.5. The maximum absolute atomic E-state index is 15.9. The summed E-state index contributed by atoms with van der Waals surface area (Å²) in [6.07, 6.45) is 0. The number of carboxylic acids is 12. The molecule has 0 aromatic heterocycles. The summed E-state index contributed by atoms with van der Waals surface area (Å²) in [6, 6.07) is -1.32. The normalized spacial score (nSPS) is 22.7. The van der Waals surface area contributed by atoms with Crippen LogP contribution in [0.4, 0.5) is 0 Å². The Kier molecular flexibility index (Phi) is 45.5. The molecule has 0 spiro atoms. The number of hydrogen-bond acceptors (Lipinski definition) is 35. The van der Waals surface area contributed by atoms with E-state index in [1.165, 1.54) is 19.6 Å². The van der Waals surface area contributed by atoms with Crippen LogP contribution in [-0.4, -0.2) is 681 Å². The molecular formula is C82H137N23O30. The van der Waals surface area contributed by atoms with Gasteiger partial charge in [0.05, 0.1) is 117 Å². The second-order valence-corrected chi connectivity index (χ2v) is 35.9. The van der Waals surface area contributed by atoms with E-state index in [1.807, 2.05) is 0 Å². The molecule has 0 unspecified atom stereocenters. The quantitative estimate of drug-likeness (QED) is 0.0284. The molecule has 8 rings (SSSR count). The summed E-state index contributed by atoms with van der Waals surface area (Å²) in [5.41, 5.74) is 0. The zero-order valence-electron chi connectivity index (χ0n) is 76.8. The van der Waals surface area contributed by atoms with Crippen molar-refractivity contribution in [3.05, 3.63) is 0 Å². The highest BCUT2D eigenvalue weighted by molar-refractivity contribution is 5.87. The first kappa shape index (κ1) is 110. The molecule has 13 N–H and O–H groups in total. The molecule has 8 aliphatic heterocycles. The molecule has 2 bridgehead atoms. The van der Waals surface area contributed by atoms with E-state index in [-0.39, 0.29) is 314 Å². The van der Waals surface area contributed by atoms with Gasteiger partial charge in [-0.2, -0.15) is 0 Å². The molecule has 0 saturated carbocycles. The fourth-order valence-electron chi connectivity index (χ4n) is 18.3. The van der Waals surface area contributed by atoms with E-state index in [1.54, 1.807) is 88.2 Å². The van der Waals surface area contributed by atoms with Crippen LogP contribution in [0.3, 0.4) is 0 Å². The Morgan fingerprint density at radius 3 is 0.378 bits per heavy atom. The molecule has 0 aliphatic carbocycles. The average Bonchev–Trinajstić information content (AvgIpc) is 1.72. The minimum Gasteiger partial charge on any atom is -0.480 e. The summed E-state index contributed by atoms with van der Waals surface area (Å²) < 4.78 is 0. The second-order valence-electron chi connectivity index (χ2n) is 35.9. The minimum absolute atomic E-state index is 0.0467. The van der Waals surface area contributed by atoms with Crippen LogP contribution in [0.2, 0.25) is 0 Å². The predicted molar refractivity (Wildman–Crippen MR) is 472 cm³/mol. The van der Waals surface area contributed by atoms with E-state index in [2.05, 4.69) is 5.32 Å². The molecule has 0 radical (unpaired) electrons. The highest BCUT2D eigenvalue weighted by Gasteiger charge is 2.45. The maximum atomic E-state index is 15.9. The topological polar surface area (TPSA) is 633 Å². The minimum atomic E-state index is -1.17. The number of fused-ring (bicyclic) bond motifs is 2. The van der Waals surface area contributed by atoms with E-state index in [0.29, 0.717) is 0 Å². The molecule has 8 heterocycles. The number of carbonyl (C=O) groups excluding carboxylic acids is 6. The summed E-state index contributed by atoms with van der Waals surface area (Å²) in [7, 11) is 0. The first-order chi connectivity index (χ1) is 64.1. The number of rotatable bonds is 34. The maximum Gasteiger partial charge on any atom is 0.317 e. The molecule has 0 aromatic carbocycles. The van der Waals surface area contributed by atoms with Crippen LogP contribution in [0.5, 0.6) is 0 Å². The van der Waals surface area contributed by atoms with Gasteiger partial charge in [0.25, 0.3) is 0 Å². The third kappa shape index (κ3) is 40.9. The van der Waals surface area contributed by atoms with Gasteiger partial charge in [-0.1, -0.05) is 0 Å². The van der Waals surface area contributed by atoms with Crippen LogP contribution in [0.25, 0.3) is 0 Å². The van der Waals surface area contributed by atoms with Gasteiger partial charge in [0.2, 0.25) is 35.4 Å². The molecule has 0 atom stereocenters. The monoisotopic (exact) mass is 1920 g/mol.